The molecule has 1 atom stereocenters. The largest absolute Gasteiger partial charge is 0.371 e. The number of hydrogen-bond acceptors (Lipinski definition) is 2. The van der Waals surface area contributed by atoms with Crippen LogP contribution in [0, 0.1) is 6.92 Å². The molecule has 0 aromatic rings. The maximum Gasteiger partial charge on any atom is 0.148 e. The first-order valence-corrected chi connectivity index (χ1v) is 3.71. The lowest BCUT2D eigenvalue weighted by Gasteiger charge is -2.04. The van der Waals surface area contributed by atoms with E-state index < -0.39 is 6.10 Å². The highest BCUT2D eigenvalue weighted by Crippen LogP contribution is 1.95. The van der Waals surface area contributed by atoms with Gasteiger partial charge in [-0.3, -0.25) is 0 Å². The molecule has 59 valence electrons. The molecule has 0 bridgehead atoms. The van der Waals surface area contributed by atoms with Gasteiger partial charge in [0.25, 0.3) is 0 Å². The first-order chi connectivity index (χ1) is 4.81. The summed E-state index contributed by atoms with van der Waals surface area (Å²) in [7, 11) is 0. The number of rotatable bonds is 6. The minimum absolute atomic E-state index is 0.475. The van der Waals surface area contributed by atoms with E-state index in [9.17, 15) is 4.79 Å². The summed E-state index contributed by atoms with van der Waals surface area (Å²) in [5.74, 6) is 0. The smallest absolute Gasteiger partial charge is 0.148 e. The topological polar surface area (TPSA) is 26.3 Å². The van der Waals surface area contributed by atoms with Gasteiger partial charge in [0.2, 0.25) is 0 Å². The van der Waals surface area contributed by atoms with Crippen molar-refractivity contribution in [2.75, 3.05) is 6.61 Å². The summed E-state index contributed by atoms with van der Waals surface area (Å²) in [6.45, 7) is 6.24. The van der Waals surface area contributed by atoms with E-state index >= 15 is 0 Å². The Kier molecular flexibility index (Phi) is 6.50. The van der Waals surface area contributed by atoms with Crippen LogP contribution in [0.1, 0.15) is 26.2 Å². The van der Waals surface area contributed by atoms with E-state index in [0.29, 0.717) is 12.9 Å². The Labute approximate surface area is 62.6 Å². The average Bonchev–Trinajstić information content (AvgIpc) is 1.98. The molecule has 10 heavy (non-hydrogen) atoms. The summed E-state index contributed by atoms with van der Waals surface area (Å²) >= 11 is 0. The second-order valence-electron chi connectivity index (χ2n) is 2.25. The Balaban J connectivity index is 2.95. The maximum atomic E-state index is 9.98. The molecule has 1 radical (unpaired) electrons. The fraction of sp³-hybridized carbons (Fsp3) is 0.750. The van der Waals surface area contributed by atoms with Crippen LogP contribution in [-0.4, -0.2) is 19.0 Å². The molecular formula is C8H15O2. The summed E-state index contributed by atoms with van der Waals surface area (Å²) in [5, 5.41) is 0. The first-order valence-electron chi connectivity index (χ1n) is 3.71. The molecule has 0 fully saturated rings. The van der Waals surface area contributed by atoms with E-state index in [1.165, 1.54) is 6.42 Å². The Bertz CT molecular complexity index is 81.3. The quantitative estimate of drug-likeness (QED) is 0.417. The lowest BCUT2D eigenvalue weighted by molar-refractivity contribution is -0.115. The van der Waals surface area contributed by atoms with Crippen LogP contribution in [-0.2, 0) is 9.53 Å². The molecule has 0 spiro atoms. The van der Waals surface area contributed by atoms with Gasteiger partial charge in [0.15, 0.2) is 0 Å². The Morgan fingerprint density at radius 3 is 2.80 bits per heavy atom. The summed E-state index contributed by atoms with van der Waals surface area (Å²) in [4.78, 5) is 9.98. The highest BCUT2D eigenvalue weighted by atomic mass is 16.5. The van der Waals surface area contributed by atoms with Gasteiger partial charge in [-0.25, -0.2) is 0 Å². The van der Waals surface area contributed by atoms with E-state index in [1.54, 1.807) is 0 Å². The van der Waals surface area contributed by atoms with Gasteiger partial charge in [0.05, 0.1) is 0 Å². The van der Waals surface area contributed by atoms with Crippen LogP contribution in [0.4, 0.5) is 0 Å². The second kappa shape index (κ2) is 6.75. The van der Waals surface area contributed by atoms with E-state index in [-0.39, 0.29) is 0 Å². The Hall–Kier alpha value is -0.370. The van der Waals surface area contributed by atoms with Gasteiger partial charge in [-0.2, -0.15) is 0 Å². The summed E-state index contributed by atoms with van der Waals surface area (Å²) in [5.41, 5.74) is 0. The zero-order valence-electron chi connectivity index (χ0n) is 6.51. The molecule has 0 saturated carbocycles. The fourth-order valence-corrected chi connectivity index (χ4v) is 0.626. The van der Waals surface area contributed by atoms with Gasteiger partial charge >= 0.3 is 0 Å². The molecule has 0 saturated heterocycles. The van der Waals surface area contributed by atoms with E-state index in [0.717, 1.165) is 12.8 Å². The van der Waals surface area contributed by atoms with Crippen molar-refractivity contribution in [3.05, 3.63) is 6.92 Å². The molecule has 2 heteroatoms. The van der Waals surface area contributed by atoms with E-state index in [1.807, 2.05) is 0 Å². The van der Waals surface area contributed by atoms with Crippen molar-refractivity contribution in [2.24, 2.45) is 0 Å². The van der Waals surface area contributed by atoms with Gasteiger partial charge in [0, 0.05) is 6.61 Å². The van der Waals surface area contributed by atoms with Gasteiger partial charge in [-0.1, -0.05) is 19.8 Å². The highest BCUT2D eigenvalue weighted by Gasteiger charge is 1.96. The Morgan fingerprint density at radius 2 is 2.30 bits per heavy atom. The maximum absolute atomic E-state index is 9.98. The highest BCUT2D eigenvalue weighted by molar-refractivity contribution is 5.56. The molecule has 0 aliphatic heterocycles. The normalized spacial score (nSPS) is 13.0. The monoisotopic (exact) mass is 143 g/mol. The Morgan fingerprint density at radius 1 is 1.60 bits per heavy atom. The van der Waals surface area contributed by atoms with Crippen molar-refractivity contribution in [3.8, 4) is 0 Å². The van der Waals surface area contributed by atoms with Crippen LogP contribution in [0.3, 0.4) is 0 Å². The number of aldehydes is 1. The third-order valence-corrected chi connectivity index (χ3v) is 1.23. The number of unbranched alkanes of at least 4 members (excludes halogenated alkanes) is 2. The molecule has 0 aromatic heterocycles. The van der Waals surface area contributed by atoms with Crippen LogP contribution in [0.2, 0.25) is 0 Å². The standard InChI is InChI=1S/C8H15O2/c1-3-4-5-6-10-8(2)7-9/h7-8H,2-6H2,1H3. The van der Waals surface area contributed by atoms with Gasteiger partial charge in [-0.15, -0.1) is 0 Å². The van der Waals surface area contributed by atoms with Crippen LogP contribution < -0.4 is 0 Å². The van der Waals surface area contributed by atoms with Gasteiger partial charge < -0.3 is 9.53 Å². The van der Waals surface area contributed by atoms with Crippen molar-refractivity contribution in [2.45, 2.75) is 32.3 Å². The van der Waals surface area contributed by atoms with Crippen LogP contribution in [0.25, 0.3) is 0 Å². The zero-order chi connectivity index (χ0) is 7.82. The molecule has 1 unspecified atom stereocenters. The molecule has 0 aromatic carbocycles. The van der Waals surface area contributed by atoms with Gasteiger partial charge in [0.1, 0.15) is 12.4 Å². The van der Waals surface area contributed by atoms with Crippen molar-refractivity contribution < 1.29 is 9.53 Å². The lowest BCUT2D eigenvalue weighted by atomic mass is 10.3. The summed E-state index contributed by atoms with van der Waals surface area (Å²) < 4.78 is 5.01. The number of ether oxygens (including phenoxy) is 1. The minimum Gasteiger partial charge on any atom is -0.371 e. The first kappa shape index (κ1) is 9.63. The molecule has 0 N–H and O–H groups in total. The third-order valence-electron chi connectivity index (χ3n) is 1.23. The summed E-state index contributed by atoms with van der Waals surface area (Å²) in [6, 6.07) is 0. The minimum atomic E-state index is -0.475. The summed E-state index contributed by atoms with van der Waals surface area (Å²) in [6.07, 6.45) is 3.59. The molecule has 0 aliphatic carbocycles. The third kappa shape index (κ3) is 5.76. The number of carbonyl (C=O) groups is 1. The predicted octanol–water partition coefficient (Wildman–Crippen LogP) is 1.59. The van der Waals surface area contributed by atoms with Crippen molar-refractivity contribution in [3.63, 3.8) is 0 Å². The fourth-order valence-electron chi connectivity index (χ4n) is 0.626. The van der Waals surface area contributed by atoms with Crippen molar-refractivity contribution in [1.29, 1.82) is 0 Å². The number of carbonyl (C=O) groups excluding carboxylic acids is 1. The van der Waals surface area contributed by atoms with Crippen LogP contribution in [0.5, 0.6) is 0 Å². The SMILES string of the molecule is [CH2]C(C=O)OCCCCC. The molecular weight excluding hydrogens is 128 g/mol. The lowest BCUT2D eigenvalue weighted by Crippen LogP contribution is -2.10. The van der Waals surface area contributed by atoms with Crippen LogP contribution in [0.15, 0.2) is 0 Å². The van der Waals surface area contributed by atoms with Crippen molar-refractivity contribution >= 4 is 6.29 Å². The van der Waals surface area contributed by atoms with E-state index in [2.05, 4.69) is 13.8 Å². The molecule has 2 nitrogen and oxygen atoms in total. The predicted molar refractivity (Wildman–Crippen MR) is 40.7 cm³/mol. The van der Waals surface area contributed by atoms with Gasteiger partial charge in [-0.05, 0) is 13.3 Å². The average molecular weight is 143 g/mol. The molecule has 0 amide bonds. The number of hydrogen-bond donors (Lipinski definition) is 0. The van der Waals surface area contributed by atoms with Crippen LogP contribution >= 0.6 is 0 Å². The molecule has 0 aliphatic rings. The van der Waals surface area contributed by atoms with Crippen molar-refractivity contribution in [1.82, 2.24) is 0 Å². The second-order valence-corrected chi connectivity index (χ2v) is 2.25. The van der Waals surface area contributed by atoms with E-state index in [4.69, 9.17) is 4.74 Å². The molecule has 0 rings (SSSR count). The molecule has 0 heterocycles. The zero-order valence-corrected chi connectivity index (χ0v) is 6.51.